The predicted octanol–water partition coefficient (Wildman–Crippen LogP) is 6.49. The minimum atomic E-state index is -0.546. The zero-order valence-electron chi connectivity index (χ0n) is 18.6. The van der Waals surface area contributed by atoms with E-state index in [1.54, 1.807) is 0 Å². The van der Waals surface area contributed by atoms with E-state index in [1.165, 1.54) is 31.2 Å². The molecule has 1 aliphatic rings. The molecule has 0 heterocycles. The van der Waals surface area contributed by atoms with Crippen LogP contribution in [0.4, 0.5) is 4.39 Å². The van der Waals surface area contributed by atoms with Gasteiger partial charge in [-0.1, -0.05) is 67.1 Å². The first-order valence-electron chi connectivity index (χ1n) is 11.3. The Morgan fingerprint density at radius 1 is 0.848 bits per heavy atom. The zero-order valence-corrected chi connectivity index (χ0v) is 18.6. The summed E-state index contributed by atoms with van der Waals surface area (Å²) in [6.07, 6.45) is 3.82. The normalized spacial score (nSPS) is 18.4. The Kier molecular flexibility index (Phi) is 7.13. The van der Waals surface area contributed by atoms with Gasteiger partial charge >= 0.3 is 5.97 Å². The number of hydrogen-bond acceptors (Lipinski definition) is 3. The summed E-state index contributed by atoms with van der Waals surface area (Å²) in [5, 5.41) is 0. The molecule has 4 heteroatoms. The summed E-state index contributed by atoms with van der Waals surface area (Å²) in [4.78, 5) is 25.4. The number of ether oxygens (including phenoxy) is 1. The number of hydrogen-bond donors (Lipinski definition) is 0. The van der Waals surface area contributed by atoms with Gasteiger partial charge in [0.05, 0.1) is 0 Å². The third kappa shape index (κ3) is 5.46. The Morgan fingerprint density at radius 3 is 1.97 bits per heavy atom. The second kappa shape index (κ2) is 10.4. The molecule has 1 aliphatic carbocycles. The van der Waals surface area contributed by atoms with Crippen LogP contribution in [-0.4, -0.2) is 17.9 Å². The highest BCUT2D eigenvalue weighted by Gasteiger charge is 2.39. The first-order valence-corrected chi connectivity index (χ1v) is 11.3. The molecule has 0 radical (unpaired) electrons. The van der Waals surface area contributed by atoms with Crippen LogP contribution in [0.2, 0.25) is 0 Å². The maximum Gasteiger partial charge on any atom is 0.303 e. The first-order chi connectivity index (χ1) is 16.0. The number of rotatable bonds is 7. The van der Waals surface area contributed by atoms with Crippen molar-refractivity contribution >= 4 is 17.3 Å². The molecule has 33 heavy (non-hydrogen) atoms. The van der Waals surface area contributed by atoms with E-state index in [4.69, 9.17) is 4.74 Å². The standard InChI is InChI=1S/C29H27FO3/c1-20(31)33-28(19-27(21-9-4-2-5-10-21)22-11-6-3-7-12-22)25-13-8-14-26(25)29(32)23-15-17-24(30)18-16-23/h2-7,9-12,15-19,25-26,28H,8,13-14H2,1H3/t25-,26-,28?/m0/s1. The maximum absolute atomic E-state index is 13.4. The average Bonchev–Trinajstić information content (AvgIpc) is 3.32. The Hall–Kier alpha value is -3.53. The zero-order chi connectivity index (χ0) is 23.2. The molecule has 0 amide bonds. The summed E-state index contributed by atoms with van der Waals surface area (Å²) >= 11 is 0. The Morgan fingerprint density at radius 2 is 1.42 bits per heavy atom. The smallest absolute Gasteiger partial charge is 0.303 e. The van der Waals surface area contributed by atoms with Gasteiger partial charge < -0.3 is 4.74 Å². The van der Waals surface area contributed by atoms with Crippen molar-refractivity contribution in [1.82, 2.24) is 0 Å². The van der Waals surface area contributed by atoms with Gasteiger partial charge in [-0.25, -0.2) is 4.39 Å². The number of halogens is 1. The van der Waals surface area contributed by atoms with E-state index in [1.807, 2.05) is 66.7 Å². The number of carbonyl (C=O) groups is 2. The Balaban J connectivity index is 1.73. The van der Waals surface area contributed by atoms with E-state index in [2.05, 4.69) is 0 Å². The summed E-state index contributed by atoms with van der Waals surface area (Å²) in [5.41, 5.74) is 3.48. The number of Topliss-reactive ketones (excluding diaryl/α,β-unsaturated/α-hetero) is 1. The Bertz CT molecular complexity index is 1080. The lowest BCUT2D eigenvalue weighted by atomic mass is 9.83. The van der Waals surface area contributed by atoms with Crippen molar-refractivity contribution in [3.63, 3.8) is 0 Å². The van der Waals surface area contributed by atoms with Crippen LogP contribution < -0.4 is 0 Å². The molecule has 0 aromatic heterocycles. The van der Waals surface area contributed by atoms with Gasteiger partial charge in [-0.15, -0.1) is 0 Å². The lowest BCUT2D eigenvalue weighted by molar-refractivity contribution is -0.146. The van der Waals surface area contributed by atoms with Gasteiger partial charge in [-0.2, -0.15) is 0 Å². The lowest BCUT2D eigenvalue weighted by Gasteiger charge is -2.27. The first kappa shape index (κ1) is 22.7. The Labute approximate surface area is 193 Å². The van der Waals surface area contributed by atoms with Crippen LogP contribution in [0.1, 0.15) is 47.7 Å². The summed E-state index contributed by atoms with van der Waals surface area (Å²) in [6, 6.07) is 25.6. The van der Waals surface area contributed by atoms with E-state index in [0.29, 0.717) is 5.56 Å². The summed E-state index contributed by atoms with van der Waals surface area (Å²) in [6.45, 7) is 1.40. The molecule has 168 valence electrons. The van der Waals surface area contributed by atoms with Gasteiger partial charge in [0.1, 0.15) is 11.9 Å². The number of benzene rings is 3. The molecule has 1 saturated carbocycles. The van der Waals surface area contributed by atoms with Crippen molar-refractivity contribution in [2.45, 2.75) is 32.3 Å². The minimum absolute atomic E-state index is 0.0241. The molecule has 0 saturated heterocycles. The highest BCUT2D eigenvalue weighted by atomic mass is 19.1. The van der Waals surface area contributed by atoms with Gasteiger partial charge in [0.2, 0.25) is 0 Å². The van der Waals surface area contributed by atoms with Crippen LogP contribution in [0.15, 0.2) is 91.0 Å². The van der Waals surface area contributed by atoms with Crippen molar-refractivity contribution in [3.8, 4) is 0 Å². The largest absolute Gasteiger partial charge is 0.458 e. The molecule has 1 fully saturated rings. The van der Waals surface area contributed by atoms with Crippen LogP contribution in [0.5, 0.6) is 0 Å². The van der Waals surface area contributed by atoms with Crippen molar-refractivity contribution in [2.75, 3.05) is 0 Å². The topological polar surface area (TPSA) is 43.4 Å². The van der Waals surface area contributed by atoms with Gasteiger partial charge in [0, 0.05) is 24.3 Å². The van der Waals surface area contributed by atoms with Gasteiger partial charge in [0.25, 0.3) is 0 Å². The van der Waals surface area contributed by atoms with Crippen molar-refractivity contribution in [2.24, 2.45) is 11.8 Å². The van der Waals surface area contributed by atoms with Gasteiger partial charge in [-0.05, 0) is 59.9 Å². The summed E-state index contributed by atoms with van der Waals surface area (Å²) in [7, 11) is 0. The van der Waals surface area contributed by atoms with Crippen molar-refractivity contribution in [3.05, 3.63) is 114 Å². The van der Waals surface area contributed by atoms with Crippen molar-refractivity contribution in [1.29, 1.82) is 0 Å². The average molecular weight is 443 g/mol. The molecule has 4 rings (SSSR count). The number of ketones is 1. The lowest BCUT2D eigenvalue weighted by Crippen LogP contribution is -2.31. The second-order valence-corrected chi connectivity index (χ2v) is 8.46. The van der Waals surface area contributed by atoms with Crippen LogP contribution in [-0.2, 0) is 9.53 Å². The monoisotopic (exact) mass is 442 g/mol. The number of esters is 1. The highest BCUT2D eigenvalue weighted by Crippen LogP contribution is 2.39. The van der Waals surface area contributed by atoms with Crippen molar-refractivity contribution < 1.29 is 18.7 Å². The fraction of sp³-hybridized carbons (Fsp3) is 0.241. The third-order valence-corrected chi connectivity index (χ3v) is 6.26. The second-order valence-electron chi connectivity index (χ2n) is 8.46. The molecule has 0 N–H and O–H groups in total. The molecule has 3 aromatic rings. The van der Waals surface area contributed by atoms with E-state index in [-0.39, 0.29) is 29.4 Å². The molecule has 0 aliphatic heterocycles. The molecule has 3 atom stereocenters. The van der Waals surface area contributed by atoms with E-state index >= 15 is 0 Å². The molecule has 0 bridgehead atoms. The molecule has 3 aromatic carbocycles. The van der Waals surface area contributed by atoms with Crippen LogP contribution >= 0.6 is 0 Å². The predicted molar refractivity (Wildman–Crippen MR) is 127 cm³/mol. The quantitative estimate of drug-likeness (QED) is 0.310. The van der Waals surface area contributed by atoms with E-state index < -0.39 is 6.10 Å². The van der Waals surface area contributed by atoms with Crippen LogP contribution in [0, 0.1) is 17.7 Å². The van der Waals surface area contributed by atoms with Crippen LogP contribution in [0.3, 0.4) is 0 Å². The molecular formula is C29H27FO3. The molecular weight excluding hydrogens is 415 g/mol. The fourth-order valence-corrected chi connectivity index (χ4v) is 4.73. The van der Waals surface area contributed by atoms with E-state index in [0.717, 1.165) is 36.0 Å². The van der Waals surface area contributed by atoms with Gasteiger partial charge in [0.15, 0.2) is 5.78 Å². The minimum Gasteiger partial charge on any atom is -0.458 e. The third-order valence-electron chi connectivity index (χ3n) is 6.26. The molecule has 1 unspecified atom stereocenters. The maximum atomic E-state index is 13.4. The number of carbonyl (C=O) groups excluding carboxylic acids is 2. The van der Waals surface area contributed by atoms with Crippen LogP contribution in [0.25, 0.3) is 5.57 Å². The summed E-state index contributed by atoms with van der Waals surface area (Å²) < 4.78 is 19.2. The van der Waals surface area contributed by atoms with E-state index in [9.17, 15) is 14.0 Å². The molecule has 0 spiro atoms. The fourth-order valence-electron chi connectivity index (χ4n) is 4.73. The highest BCUT2D eigenvalue weighted by molar-refractivity contribution is 5.98. The molecule has 3 nitrogen and oxygen atoms in total. The van der Waals surface area contributed by atoms with Gasteiger partial charge in [-0.3, -0.25) is 9.59 Å². The SMILES string of the molecule is CC(=O)OC(C=C(c1ccccc1)c1ccccc1)[C@H]1CCC[C@@H]1C(=O)c1ccc(F)cc1. The summed E-state index contributed by atoms with van der Waals surface area (Å²) in [5.74, 6) is -1.20.